The van der Waals surface area contributed by atoms with Gasteiger partial charge in [0.1, 0.15) is 0 Å². The molecule has 1 aliphatic rings. The zero-order valence-corrected chi connectivity index (χ0v) is 11.7. The monoisotopic (exact) mass is 244 g/mol. The Morgan fingerprint density at radius 1 is 1.53 bits per heavy atom. The molecule has 0 amide bonds. The highest BCUT2D eigenvalue weighted by Crippen LogP contribution is 2.25. The largest absolute Gasteiger partial charge is 0.394 e. The van der Waals surface area contributed by atoms with E-state index in [1.165, 1.54) is 12.8 Å². The zero-order chi connectivity index (χ0) is 12.9. The van der Waals surface area contributed by atoms with Crippen molar-refractivity contribution in [2.24, 2.45) is 0 Å². The van der Waals surface area contributed by atoms with Crippen molar-refractivity contribution in [3.8, 4) is 0 Å². The van der Waals surface area contributed by atoms with Crippen LogP contribution >= 0.6 is 0 Å². The highest BCUT2D eigenvalue weighted by molar-refractivity contribution is 4.94. The molecule has 4 nitrogen and oxygen atoms in total. The van der Waals surface area contributed by atoms with Crippen LogP contribution in [-0.2, 0) is 4.74 Å². The number of aliphatic hydroxyl groups excluding tert-OH is 1. The fraction of sp³-hybridized carbons (Fsp3) is 1.00. The van der Waals surface area contributed by atoms with Crippen LogP contribution < -0.4 is 5.32 Å². The summed E-state index contributed by atoms with van der Waals surface area (Å²) in [4.78, 5) is 2.28. The van der Waals surface area contributed by atoms with Crippen molar-refractivity contribution in [1.82, 2.24) is 10.2 Å². The molecule has 0 aromatic rings. The lowest BCUT2D eigenvalue weighted by Gasteiger charge is -2.35. The molecule has 1 fully saturated rings. The predicted molar refractivity (Wildman–Crippen MR) is 70.2 cm³/mol. The van der Waals surface area contributed by atoms with Crippen LogP contribution in [0.5, 0.6) is 0 Å². The molecule has 0 radical (unpaired) electrons. The van der Waals surface area contributed by atoms with Gasteiger partial charge in [-0.2, -0.15) is 0 Å². The first-order valence-corrected chi connectivity index (χ1v) is 6.58. The average Bonchev–Trinajstić information content (AvgIpc) is 3.09. The first kappa shape index (κ1) is 14.9. The third-order valence-electron chi connectivity index (χ3n) is 3.63. The van der Waals surface area contributed by atoms with E-state index in [4.69, 9.17) is 4.74 Å². The summed E-state index contributed by atoms with van der Waals surface area (Å²) in [5.41, 5.74) is -0.151. The summed E-state index contributed by atoms with van der Waals surface area (Å²) >= 11 is 0. The molecule has 0 aliphatic heterocycles. The molecule has 2 N–H and O–H groups in total. The number of nitrogens with zero attached hydrogens (tertiary/aromatic N) is 1. The second kappa shape index (κ2) is 6.69. The van der Waals surface area contributed by atoms with E-state index in [0.29, 0.717) is 12.1 Å². The minimum atomic E-state index is -0.151. The Bertz CT molecular complexity index is 221. The summed E-state index contributed by atoms with van der Waals surface area (Å²) in [6.45, 7) is 6.21. The molecule has 1 saturated carbocycles. The van der Waals surface area contributed by atoms with Crippen molar-refractivity contribution < 1.29 is 9.84 Å². The Morgan fingerprint density at radius 3 is 2.65 bits per heavy atom. The molecular formula is C13H28N2O2. The molecule has 0 bridgehead atoms. The number of methoxy groups -OCH3 is 1. The van der Waals surface area contributed by atoms with E-state index in [1.54, 1.807) is 7.11 Å². The third kappa shape index (κ3) is 5.34. The van der Waals surface area contributed by atoms with Gasteiger partial charge in [-0.25, -0.2) is 0 Å². The van der Waals surface area contributed by atoms with Crippen LogP contribution in [-0.4, -0.2) is 61.5 Å². The van der Waals surface area contributed by atoms with E-state index < -0.39 is 0 Å². The molecule has 0 saturated heterocycles. The first-order valence-electron chi connectivity index (χ1n) is 6.58. The fourth-order valence-corrected chi connectivity index (χ4v) is 2.15. The summed E-state index contributed by atoms with van der Waals surface area (Å²) in [6.07, 6.45) is 3.47. The maximum Gasteiger partial charge on any atom is 0.0611 e. The Kier molecular flexibility index (Phi) is 5.86. The van der Waals surface area contributed by atoms with Crippen molar-refractivity contribution in [2.45, 2.75) is 50.7 Å². The average molecular weight is 244 g/mol. The van der Waals surface area contributed by atoms with Gasteiger partial charge in [-0.05, 0) is 40.2 Å². The van der Waals surface area contributed by atoms with Crippen LogP contribution in [0.3, 0.4) is 0 Å². The van der Waals surface area contributed by atoms with Gasteiger partial charge in [-0.1, -0.05) is 0 Å². The number of aliphatic hydroxyl groups is 1. The van der Waals surface area contributed by atoms with Gasteiger partial charge < -0.3 is 20.1 Å². The smallest absolute Gasteiger partial charge is 0.0611 e. The molecule has 0 spiro atoms. The number of rotatable bonds is 9. The van der Waals surface area contributed by atoms with Crippen molar-refractivity contribution >= 4 is 0 Å². The quantitative estimate of drug-likeness (QED) is 0.631. The highest BCUT2D eigenvalue weighted by atomic mass is 16.5. The summed E-state index contributed by atoms with van der Waals surface area (Å²) < 4.78 is 5.09. The van der Waals surface area contributed by atoms with Crippen molar-refractivity contribution in [1.29, 1.82) is 0 Å². The van der Waals surface area contributed by atoms with Crippen LogP contribution in [0.25, 0.3) is 0 Å². The van der Waals surface area contributed by atoms with Gasteiger partial charge in [-0.15, -0.1) is 0 Å². The van der Waals surface area contributed by atoms with Crippen molar-refractivity contribution in [3.63, 3.8) is 0 Å². The second-order valence-corrected chi connectivity index (χ2v) is 5.66. The maximum absolute atomic E-state index is 9.56. The van der Waals surface area contributed by atoms with Gasteiger partial charge in [0.05, 0.1) is 13.2 Å². The van der Waals surface area contributed by atoms with Crippen LogP contribution in [0.1, 0.15) is 33.1 Å². The summed E-state index contributed by atoms with van der Waals surface area (Å²) in [6, 6.07) is 1.07. The van der Waals surface area contributed by atoms with E-state index in [2.05, 4.69) is 31.1 Å². The van der Waals surface area contributed by atoms with Crippen LogP contribution in [0.2, 0.25) is 0 Å². The molecule has 2 unspecified atom stereocenters. The highest BCUT2D eigenvalue weighted by Gasteiger charge is 2.33. The standard InChI is InChI=1S/C13H28N2O2/c1-11(15(3)7-8-17-4)9-13(2,10-16)14-12-5-6-12/h11-12,14,16H,5-10H2,1-4H3. The number of hydrogen-bond donors (Lipinski definition) is 2. The predicted octanol–water partition coefficient (Wildman–Crippen LogP) is 0.846. The van der Waals surface area contributed by atoms with E-state index >= 15 is 0 Å². The van der Waals surface area contributed by atoms with E-state index in [-0.39, 0.29) is 12.1 Å². The summed E-state index contributed by atoms with van der Waals surface area (Å²) in [7, 11) is 3.84. The number of nitrogens with one attached hydrogen (secondary N) is 1. The van der Waals surface area contributed by atoms with Crippen molar-refractivity contribution in [2.75, 3.05) is 33.9 Å². The molecule has 0 heterocycles. The molecule has 102 valence electrons. The zero-order valence-electron chi connectivity index (χ0n) is 11.7. The van der Waals surface area contributed by atoms with E-state index in [9.17, 15) is 5.11 Å². The van der Waals surface area contributed by atoms with Gasteiger partial charge in [0, 0.05) is 31.3 Å². The van der Waals surface area contributed by atoms with Crippen molar-refractivity contribution in [3.05, 3.63) is 0 Å². The lowest BCUT2D eigenvalue weighted by atomic mass is 9.93. The fourth-order valence-electron chi connectivity index (χ4n) is 2.15. The molecule has 1 rings (SSSR count). The topological polar surface area (TPSA) is 44.7 Å². The molecule has 4 heteroatoms. The normalized spacial score (nSPS) is 21.5. The molecular weight excluding hydrogens is 216 g/mol. The Morgan fingerprint density at radius 2 is 2.18 bits per heavy atom. The number of hydrogen-bond acceptors (Lipinski definition) is 4. The first-order chi connectivity index (χ1) is 8.00. The summed E-state index contributed by atoms with van der Waals surface area (Å²) in [5.74, 6) is 0. The lowest BCUT2D eigenvalue weighted by molar-refractivity contribution is 0.103. The van der Waals surface area contributed by atoms with E-state index in [0.717, 1.165) is 19.6 Å². The number of ether oxygens (including phenoxy) is 1. The number of likely N-dealkylation sites (N-methyl/N-ethyl adjacent to an activating group) is 1. The Balaban J connectivity index is 2.36. The van der Waals surface area contributed by atoms with Crippen LogP contribution in [0.4, 0.5) is 0 Å². The Hall–Kier alpha value is -0.160. The van der Waals surface area contributed by atoms with Crippen LogP contribution in [0, 0.1) is 0 Å². The third-order valence-corrected chi connectivity index (χ3v) is 3.63. The lowest BCUT2D eigenvalue weighted by Crippen LogP contribution is -2.51. The SMILES string of the molecule is COCCN(C)C(C)CC(C)(CO)NC1CC1. The van der Waals surface area contributed by atoms with Gasteiger partial charge in [0.25, 0.3) is 0 Å². The van der Waals surface area contributed by atoms with Gasteiger partial charge in [-0.3, -0.25) is 0 Å². The Labute approximate surface area is 105 Å². The van der Waals surface area contributed by atoms with E-state index in [1.807, 2.05) is 0 Å². The molecule has 17 heavy (non-hydrogen) atoms. The molecule has 1 aliphatic carbocycles. The minimum absolute atomic E-state index is 0.151. The molecule has 0 aromatic carbocycles. The van der Waals surface area contributed by atoms with Gasteiger partial charge >= 0.3 is 0 Å². The molecule has 2 atom stereocenters. The maximum atomic E-state index is 9.56. The molecule has 0 aromatic heterocycles. The second-order valence-electron chi connectivity index (χ2n) is 5.66. The van der Waals surface area contributed by atoms with Gasteiger partial charge in [0.2, 0.25) is 0 Å². The van der Waals surface area contributed by atoms with Gasteiger partial charge in [0.15, 0.2) is 0 Å². The minimum Gasteiger partial charge on any atom is -0.394 e. The summed E-state index contributed by atoms with van der Waals surface area (Å²) in [5, 5.41) is 13.1. The van der Waals surface area contributed by atoms with Crippen LogP contribution in [0.15, 0.2) is 0 Å².